The van der Waals surface area contributed by atoms with Gasteiger partial charge in [-0.3, -0.25) is 4.79 Å². The minimum Gasteiger partial charge on any atom is -0.338 e. The van der Waals surface area contributed by atoms with E-state index in [9.17, 15) is 9.59 Å². The maximum Gasteiger partial charge on any atom is 0.319 e. The summed E-state index contributed by atoms with van der Waals surface area (Å²) in [6.07, 6.45) is 1.44. The molecule has 0 aliphatic carbocycles. The van der Waals surface area contributed by atoms with Crippen LogP contribution in [0.4, 0.5) is 16.2 Å². The van der Waals surface area contributed by atoms with Gasteiger partial charge in [-0.25, -0.2) is 4.79 Å². The number of urea groups is 1. The number of nitrogens with one attached hydrogen (secondary N) is 3. The zero-order chi connectivity index (χ0) is 15.0. The predicted octanol–water partition coefficient (Wildman–Crippen LogP) is 3.20. The second-order valence-corrected chi connectivity index (χ2v) is 4.80. The van der Waals surface area contributed by atoms with Gasteiger partial charge in [0, 0.05) is 13.0 Å². The van der Waals surface area contributed by atoms with Crippen LogP contribution >= 0.6 is 0 Å². The van der Waals surface area contributed by atoms with Crippen LogP contribution in [0.3, 0.4) is 0 Å². The lowest BCUT2D eigenvalue weighted by atomic mass is 10.0. The topological polar surface area (TPSA) is 70.2 Å². The third-order valence-electron chi connectivity index (χ3n) is 3.02. The summed E-state index contributed by atoms with van der Waals surface area (Å²) in [5.74, 6) is 0.308. The minimum absolute atomic E-state index is 0.0375. The van der Waals surface area contributed by atoms with Crippen molar-refractivity contribution in [3.8, 4) is 0 Å². The van der Waals surface area contributed by atoms with E-state index in [1.165, 1.54) is 0 Å². The molecule has 0 spiro atoms. The lowest BCUT2D eigenvalue weighted by Gasteiger charge is -2.13. The predicted molar refractivity (Wildman–Crippen MR) is 81.8 cm³/mol. The van der Waals surface area contributed by atoms with Crippen molar-refractivity contribution in [1.82, 2.24) is 5.32 Å². The monoisotopic (exact) mass is 277 g/mol. The lowest BCUT2D eigenvalue weighted by Crippen LogP contribution is -2.28. The van der Waals surface area contributed by atoms with Crippen LogP contribution in [0.1, 0.15) is 33.6 Å². The largest absolute Gasteiger partial charge is 0.338 e. The van der Waals surface area contributed by atoms with Crippen LogP contribution < -0.4 is 16.0 Å². The molecule has 1 aromatic carbocycles. The van der Waals surface area contributed by atoms with E-state index in [1.807, 2.05) is 26.0 Å². The molecule has 110 valence electrons. The first kappa shape index (κ1) is 16.0. The highest BCUT2D eigenvalue weighted by atomic mass is 16.2. The molecule has 0 bridgehead atoms. The van der Waals surface area contributed by atoms with Crippen molar-refractivity contribution in [3.05, 3.63) is 24.3 Å². The van der Waals surface area contributed by atoms with E-state index in [4.69, 9.17) is 0 Å². The average molecular weight is 277 g/mol. The normalized spacial score (nSPS) is 11.6. The second kappa shape index (κ2) is 8.19. The van der Waals surface area contributed by atoms with Crippen LogP contribution in [-0.4, -0.2) is 18.5 Å². The Bertz CT molecular complexity index is 460. The Morgan fingerprint density at radius 2 is 1.70 bits per heavy atom. The molecule has 3 N–H and O–H groups in total. The van der Waals surface area contributed by atoms with Crippen LogP contribution in [0.5, 0.6) is 0 Å². The summed E-state index contributed by atoms with van der Waals surface area (Å²) in [7, 11) is 0. The van der Waals surface area contributed by atoms with Crippen molar-refractivity contribution in [2.24, 2.45) is 5.92 Å². The SMILES string of the molecule is CCNC(=O)Nc1ccccc1NC(=O)C[C@@H](C)CC. The Hall–Kier alpha value is -2.04. The van der Waals surface area contributed by atoms with E-state index >= 15 is 0 Å². The molecule has 0 radical (unpaired) electrons. The van der Waals surface area contributed by atoms with Crippen molar-refractivity contribution < 1.29 is 9.59 Å². The molecule has 5 nitrogen and oxygen atoms in total. The molecular formula is C15H23N3O2. The first-order valence-electron chi connectivity index (χ1n) is 7.00. The van der Waals surface area contributed by atoms with Crippen molar-refractivity contribution in [1.29, 1.82) is 0 Å². The van der Waals surface area contributed by atoms with Crippen molar-refractivity contribution >= 4 is 23.3 Å². The summed E-state index contributed by atoms with van der Waals surface area (Å²) in [6.45, 7) is 6.49. The van der Waals surface area contributed by atoms with Crippen LogP contribution in [0.25, 0.3) is 0 Å². The Kier molecular flexibility index (Phi) is 6.56. The molecule has 1 atom stereocenters. The number of carbonyl (C=O) groups excluding carboxylic acids is 2. The fraction of sp³-hybridized carbons (Fsp3) is 0.467. The number of para-hydroxylation sites is 2. The zero-order valence-electron chi connectivity index (χ0n) is 12.3. The molecule has 0 saturated heterocycles. The Labute approximate surface area is 120 Å². The number of hydrogen-bond acceptors (Lipinski definition) is 2. The van der Waals surface area contributed by atoms with Crippen molar-refractivity contribution in [2.75, 3.05) is 17.2 Å². The molecule has 20 heavy (non-hydrogen) atoms. The van der Waals surface area contributed by atoms with Gasteiger partial charge in [-0.2, -0.15) is 0 Å². The van der Waals surface area contributed by atoms with Gasteiger partial charge in [-0.15, -0.1) is 0 Å². The Balaban J connectivity index is 2.70. The van der Waals surface area contributed by atoms with Gasteiger partial charge in [0.1, 0.15) is 0 Å². The summed E-state index contributed by atoms with van der Waals surface area (Å²) in [6, 6.07) is 6.88. The van der Waals surface area contributed by atoms with Crippen LogP contribution in [0.15, 0.2) is 24.3 Å². The Morgan fingerprint density at radius 1 is 1.10 bits per heavy atom. The Morgan fingerprint density at radius 3 is 2.25 bits per heavy atom. The van der Waals surface area contributed by atoms with Gasteiger partial charge < -0.3 is 16.0 Å². The zero-order valence-corrected chi connectivity index (χ0v) is 12.3. The van der Waals surface area contributed by atoms with Crippen molar-refractivity contribution in [3.63, 3.8) is 0 Å². The highest BCUT2D eigenvalue weighted by Crippen LogP contribution is 2.21. The van der Waals surface area contributed by atoms with Gasteiger partial charge in [-0.1, -0.05) is 32.4 Å². The molecule has 0 fully saturated rings. The van der Waals surface area contributed by atoms with E-state index in [-0.39, 0.29) is 11.9 Å². The summed E-state index contributed by atoms with van der Waals surface area (Å²) in [5, 5.41) is 8.21. The van der Waals surface area contributed by atoms with Gasteiger partial charge >= 0.3 is 6.03 Å². The molecule has 0 saturated carbocycles. The van der Waals surface area contributed by atoms with E-state index in [0.717, 1.165) is 6.42 Å². The molecule has 0 aliphatic rings. The first-order chi connectivity index (χ1) is 9.56. The summed E-state index contributed by atoms with van der Waals surface area (Å²) in [5.41, 5.74) is 1.21. The van der Waals surface area contributed by atoms with Crippen LogP contribution in [0, 0.1) is 5.92 Å². The summed E-state index contributed by atoms with van der Waals surface area (Å²) >= 11 is 0. The third kappa shape index (κ3) is 5.30. The molecule has 3 amide bonds. The molecule has 1 rings (SSSR count). The highest BCUT2D eigenvalue weighted by molar-refractivity contribution is 5.99. The van der Waals surface area contributed by atoms with Gasteiger partial charge in [0.25, 0.3) is 0 Å². The maximum absolute atomic E-state index is 11.9. The molecule has 0 heterocycles. The second-order valence-electron chi connectivity index (χ2n) is 4.80. The van der Waals surface area contributed by atoms with Gasteiger partial charge in [0.05, 0.1) is 11.4 Å². The standard InChI is InChI=1S/C15H23N3O2/c1-4-11(3)10-14(19)17-12-8-6-7-9-13(12)18-15(20)16-5-2/h6-9,11H,4-5,10H2,1-3H3,(H,17,19)(H2,16,18,20)/t11-/m0/s1. The van der Waals surface area contributed by atoms with Crippen molar-refractivity contribution in [2.45, 2.75) is 33.6 Å². The first-order valence-corrected chi connectivity index (χ1v) is 7.00. The molecular weight excluding hydrogens is 254 g/mol. The number of anilines is 2. The summed E-state index contributed by atoms with van der Waals surface area (Å²) < 4.78 is 0. The van der Waals surface area contributed by atoms with Gasteiger partial charge in [-0.05, 0) is 25.0 Å². The molecule has 0 unspecified atom stereocenters. The number of carbonyl (C=O) groups is 2. The highest BCUT2D eigenvalue weighted by Gasteiger charge is 2.11. The summed E-state index contributed by atoms with van der Waals surface area (Å²) in [4.78, 5) is 23.4. The van der Waals surface area contributed by atoms with E-state index < -0.39 is 0 Å². The fourth-order valence-electron chi connectivity index (χ4n) is 1.69. The molecule has 0 aromatic heterocycles. The molecule has 5 heteroatoms. The van der Waals surface area contributed by atoms with E-state index in [0.29, 0.717) is 30.3 Å². The molecule has 0 aliphatic heterocycles. The smallest absolute Gasteiger partial charge is 0.319 e. The third-order valence-corrected chi connectivity index (χ3v) is 3.02. The fourth-order valence-corrected chi connectivity index (χ4v) is 1.69. The number of benzene rings is 1. The number of amides is 3. The minimum atomic E-state index is -0.281. The number of rotatable bonds is 6. The van der Waals surface area contributed by atoms with Gasteiger partial charge in [0.2, 0.25) is 5.91 Å². The lowest BCUT2D eigenvalue weighted by molar-refractivity contribution is -0.117. The van der Waals surface area contributed by atoms with E-state index in [1.54, 1.807) is 12.1 Å². The van der Waals surface area contributed by atoms with Crippen LogP contribution in [0.2, 0.25) is 0 Å². The average Bonchev–Trinajstić information content (AvgIpc) is 2.41. The number of hydrogen-bond donors (Lipinski definition) is 3. The van der Waals surface area contributed by atoms with Gasteiger partial charge in [0.15, 0.2) is 0 Å². The molecule has 1 aromatic rings. The maximum atomic E-state index is 11.9. The quantitative estimate of drug-likeness (QED) is 0.747. The van der Waals surface area contributed by atoms with E-state index in [2.05, 4.69) is 22.9 Å². The van der Waals surface area contributed by atoms with Crippen LogP contribution in [-0.2, 0) is 4.79 Å².